The predicted octanol–water partition coefficient (Wildman–Crippen LogP) is 7.13. The molecule has 1 heterocycles. The molecule has 0 saturated carbocycles. The summed E-state index contributed by atoms with van der Waals surface area (Å²) in [7, 11) is 0. The average molecular weight is 350 g/mol. The number of unbranched alkanes of at least 4 members (excludes halogenated alkanes) is 14. The Hall–Kier alpha value is -0.790. The van der Waals surface area contributed by atoms with Crippen molar-refractivity contribution in [2.45, 2.75) is 130 Å². The third kappa shape index (κ3) is 12.2. The third-order valence-electron chi connectivity index (χ3n) is 5.37. The molecule has 0 atom stereocenters. The first-order valence-corrected chi connectivity index (χ1v) is 11.4. The quantitative estimate of drug-likeness (QED) is 0.215. The summed E-state index contributed by atoms with van der Waals surface area (Å²) in [5, 5.41) is 0. The highest BCUT2D eigenvalue weighted by Crippen LogP contribution is 2.13. The van der Waals surface area contributed by atoms with Crippen molar-refractivity contribution in [2.75, 3.05) is 0 Å². The molecular formula is C23H45N2+. The van der Waals surface area contributed by atoms with Crippen molar-refractivity contribution >= 4 is 0 Å². The first-order chi connectivity index (χ1) is 12.4. The second-order valence-corrected chi connectivity index (χ2v) is 7.80. The Morgan fingerprint density at radius 2 is 1.12 bits per heavy atom. The van der Waals surface area contributed by atoms with Gasteiger partial charge in [0.15, 0.2) is 0 Å². The van der Waals surface area contributed by atoms with Gasteiger partial charge in [0.2, 0.25) is 0 Å². The van der Waals surface area contributed by atoms with Crippen molar-refractivity contribution in [1.29, 1.82) is 0 Å². The molecule has 0 aliphatic carbocycles. The summed E-state index contributed by atoms with van der Waals surface area (Å²) in [6.07, 6.45) is 28.2. The molecule has 0 aromatic carbocycles. The number of aryl methyl sites for hydroxylation is 2. The molecule has 0 unspecified atom stereocenters. The Bertz CT molecular complexity index is 383. The summed E-state index contributed by atoms with van der Waals surface area (Å²) >= 11 is 0. The first-order valence-electron chi connectivity index (χ1n) is 11.4. The summed E-state index contributed by atoms with van der Waals surface area (Å²) in [5.74, 6) is 1.41. The van der Waals surface area contributed by atoms with Crippen molar-refractivity contribution < 1.29 is 4.57 Å². The number of hydrogen-bond donors (Lipinski definition) is 1. The predicted molar refractivity (Wildman–Crippen MR) is 110 cm³/mol. The fourth-order valence-electron chi connectivity index (χ4n) is 3.64. The molecule has 1 aromatic rings. The second-order valence-electron chi connectivity index (χ2n) is 7.80. The fraction of sp³-hybridized carbons (Fsp3) is 0.870. The van der Waals surface area contributed by atoms with Crippen LogP contribution in [0.5, 0.6) is 0 Å². The highest BCUT2D eigenvalue weighted by molar-refractivity contribution is 4.77. The molecule has 1 N–H and O–H groups in total. The Labute approximate surface area is 157 Å². The standard InChI is InChI=1S/C23H44N2/c1-3-5-7-8-9-10-11-12-13-14-15-16-17-18-21-25-22-20-24-23(25)19-6-4-2/h20,22H,3-19,21H2,1-2H3/p+1. The molecular weight excluding hydrogens is 304 g/mol. The molecule has 2 nitrogen and oxygen atoms in total. The van der Waals surface area contributed by atoms with E-state index in [0.717, 1.165) is 0 Å². The molecule has 0 fully saturated rings. The largest absolute Gasteiger partial charge is 0.254 e. The van der Waals surface area contributed by atoms with Gasteiger partial charge in [-0.15, -0.1) is 0 Å². The van der Waals surface area contributed by atoms with E-state index in [1.165, 1.54) is 122 Å². The molecule has 0 aliphatic rings. The molecule has 0 spiro atoms. The van der Waals surface area contributed by atoms with E-state index in [9.17, 15) is 0 Å². The number of aromatic nitrogens is 2. The van der Waals surface area contributed by atoms with E-state index in [-0.39, 0.29) is 0 Å². The van der Waals surface area contributed by atoms with Gasteiger partial charge in [-0.1, -0.05) is 97.3 Å². The van der Waals surface area contributed by atoms with Crippen LogP contribution in [0.25, 0.3) is 0 Å². The topological polar surface area (TPSA) is 19.7 Å². The summed E-state index contributed by atoms with van der Waals surface area (Å²) < 4.78 is 2.43. The van der Waals surface area contributed by atoms with Crippen LogP contribution in [0, 0.1) is 0 Å². The van der Waals surface area contributed by atoms with Gasteiger partial charge in [-0.05, 0) is 19.3 Å². The van der Waals surface area contributed by atoms with Gasteiger partial charge in [0.1, 0.15) is 12.4 Å². The van der Waals surface area contributed by atoms with Gasteiger partial charge >= 0.3 is 0 Å². The second kappa shape index (κ2) is 16.7. The summed E-state index contributed by atoms with van der Waals surface area (Å²) in [4.78, 5) is 3.40. The third-order valence-corrected chi connectivity index (χ3v) is 5.37. The van der Waals surface area contributed by atoms with Gasteiger partial charge < -0.3 is 0 Å². The van der Waals surface area contributed by atoms with Crippen LogP contribution in [0.2, 0.25) is 0 Å². The number of imidazole rings is 1. The van der Waals surface area contributed by atoms with E-state index in [1.54, 1.807) is 0 Å². The smallest absolute Gasteiger partial charge is 0.248 e. The molecule has 0 saturated heterocycles. The SMILES string of the molecule is CCCCCCCCCCCCCCCC[n+]1cc[nH]c1CCCC. The first kappa shape index (κ1) is 22.3. The maximum Gasteiger partial charge on any atom is 0.254 e. The molecule has 1 rings (SSSR count). The summed E-state index contributed by atoms with van der Waals surface area (Å²) in [6, 6.07) is 0. The van der Waals surface area contributed by atoms with Crippen molar-refractivity contribution in [3.8, 4) is 0 Å². The van der Waals surface area contributed by atoms with E-state index >= 15 is 0 Å². The number of hydrogen-bond acceptors (Lipinski definition) is 0. The lowest BCUT2D eigenvalue weighted by Gasteiger charge is -2.03. The number of rotatable bonds is 18. The lowest BCUT2D eigenvalue weighted by molar-refractivity contribution is -0.703. The summed E-state index contributed by atoms with van der Waals surface area (Å²) in [5.41, 5.74) is 0. The van der Waals surface area contributed by atoms with E-state index in [1.807, 2.05) is 0 Å². The van der Waals surface area contributed by atoms with E-state index < -0.39 is 0 Å². The van der Waals surface area contributed by atoms with E-state index in [4.69, 9.17) is 0 Å². The maximum atomic E-state index is 3.40. The van der Waals surface area contributed by atoms with Crippen LogP contribution in [0.1, 0.15) is 122 Å². The van der Waals surface area contributed by atoms with Gasteiger partial charge in [0, 0.05) is 6.42 Å². The van der Waals surface area contributed by atoms with E-state index in [2.05, 4.69) is 35.8 Å². The van der Waals surface area contributed by atoms with Gasteiger partial charge in [-0.3, -0.25) is 0 Å². The van der Waals surface area contributed by atoms with Crippen LogP contribution in [-0.2, 0) is 13.0 Å². The molecule has 1 aromatic heterocycles. The Morgan fingerprint density at radius 1 is 0.640 bits per heavy atom. The lowest BCUT2D eigenvalue weighted by Crippen LogP contribution is -2.36. The van der Waals surface area contributed by atoms with Gasteiger partial charge in [-0.25, -0.2) is 9.55 Å². The van der Waals surface area contributed by atoms with Crippen LogP contribution in [-0.4, -0.2) is 4.98 Å². The fourth-order valence-corrected chi connectivity index (χ4v) is 3.64. The van der Waals surface area contributed by atoms with Crippen LogP contribution in [0.3, 0.4) is 0 Å². The highest BCUT2D eigenvalue weighted by Gasteiger charge is 2.08. The van der Waals surface area contributed by atoms with Gasteiger partial charge in [-0.2, -0.15) is 0 Å². The van der Waals surface area contributed by atoms with Crippen LogP contribution in [0.4, 0.5) is 0 Å². The number of nitrogens with zero attached hydrogens (tertiary/aromatic N) is 1. The average Bonchev–Trinajstić information content (AvgIpc) is 3.07. The minimum atomic E-state index is 1.20. The van der Waals surface area contributed by atoms with E-state index in [0.29, 0.717) is 0 Å². The van der Waals surface area contributed by atoms with Crippen molar-refractivity contribution in [3.63, 3.8) is 0 Å². The molecule has 0 radical (unpaired) electrons. The minimum absolute atomic E-state index is 1.20. The highest BCUT2D eigenvalue weighted by atomic mass is 15.1. The number of H-pyrrole nitrogens is 1. The monoisotopic (exact) mass is 349 g/mol. The maximum absolute atomic E-state index is 3.40. The van der Waals surface area contributed by atoms with Crippen molar-refractivity contribution in [3.05, 3.63) is 18.2 Å². The molecule has 0 bridgehead atoms. The Balaban J connectivity index is 1.84. The summed E-state index contributed by atoms with van der Waals surface area (Å²) in [6.45, 7) is 5.76. The van der Waals surface area contributed by atoms with Gasteiger partial charge in [0.25, 0.3) is 5.82 Å². The van der Waals surface area contributed by atoms with Crippen LogP contribution in [0.15, 0.2) is 12.4 Å². The lowest BCUT2D eigenvalue weighted by atomic mass is 10.0. The minimum Gasteiger partial charge on any atom is -0.248 e. The zero-order valence-corrected chi connectivity index (χ0v) is 17.3. The molecule has 0 aliphatic heterocycles. The normalized spacial score (nSPS) is 11.3. The van der Waals surface area contributed by atoms with Crippen molar-refractivity contribution in [1.82, 2.24) is 4.98 Å². The molecule has 146 valence electrons. The van der Waals surface area contributed by atoms with Crippen LogP contribution < -0.4 is 4.57 Å². The van der Waals surface area contributed by atoms with Crippen molar-refractivity contribution in [2.24, 2.45) is 0 Å². The number of nitrogens with one attached hydrogen (secondary N) is 1. The number of aromatic amines is 1. The van der Waals surface area contributed by atoms with Gasteiger partial charge in [0.05, 0.1) is 6.54 Å². The Morgan fingerprint density at radius 3 is 1.64 bits per heavy atom. The molecule has 0 amide bonds. The molecule has 25 heavy (non-hydrogen) atoms. The molecule has 2 heteroatoms. The zero-order chi connectivity index (χ0) is 18.0. The van der Waals surface area contributed by atoms with Crippen LogP contribution >= 0.6 is 0 Å². The Kier molecular flexibility index (Phi) is 14.8. The zero-order valence-electron chi connectivity index (χ0n) is 17.3.